The summed E-state index contributed by atoms with van der Waals surface area (Å²) < 4.78 is 10.5. The van der Waals surface area contributed by atoms with E-state index in [0.717, 1.165) is 12.0 Å². The van der Waals surface area contributed by atoms with E-state index in [9.17, 15) is 4.79 Å². The maximum Gasteiger partial charge on any atom is 0.342 e. The van der Waals surface area contributed by atoms with Gasteiger partial charge in [-0.25, -0.2) is 4.79 Å². The van der Waals surface area contributed by atoms with Gasteiger partial charge in [-0.2, -0.15) is 0 Å². The van der Waals surface area contributed by atoms with Crippen LogP contribution in [0, 0.1) is 19.8 Å². The Bertz CT molecular complexity index is 469. The van der Waals surface area contributed by atoms with Gasteiger partial charge in [-0.05, 0) is 25.8 Å². The Morgan fingerprint density at radius 3 is 2.53 bits per heavy atom. The fourth-order valence-electron chi connectivity index (χ4n) is 1.59. The van der Waals surface area contributed by atoms with Crippen LogP contribution in [0.3, 0.4) is 0 Å². The van der Waals surface area contributed by atoms with Gasteiger partial charge in [0.15, 0.2) is 0 Å². The smallest absolute Gasteiger partial charge is 0.342 e. The summed E-state index contributed by atoms with van der Waals surface area (Å²) in [6.07, 6.45) is 4.95. The first kappa shape index (κ1) is 13.6. The largest absolute Gasteiger partial charge is 0.496 e. The molecule has 0 spiro atoms. The molecule has 94 valence electrons. The van der Waals surface area contributed by atoms with Crippen molar-refractivity contribution in [2.75, 3.05) is 7.11 Å². The minimum Gasteiger partial charge on any atom is -0.496 e. The molecule has 0 bridgehead atoms. The van der Waals surface area contributed by atoms with E-state index < -0.39 is 0 Å². The van der Waals surface area contributed by atoms with Crippen molar-refractivity contribution in [1.82, 2.24) is 0 Å². The zero-order chi connectivity index (χ0) is 13.0. The number of rotatable bonds is 4. The van der Waals surface area contributed by atoms with Gasteiger partial charge in [0, 0.05) is 5.56 Å². The normalized spacial score (nSPS) is 13.0. The molecule has 0 unspecified atom stereocenters. The van der Waals surface area contributed by atoms with E-state index in [1.807, 2.05) is 19.1 Å². The van der Waals surface area contributed by atoms with Crippen LogP contribution >= 0.6 is 0 Å². The van der Waals surface area contributed by atoms with E-state index in [4.69, 9.17) is 9.15 Å². The molecule has 3 heteroatoms. The van der Waals surface area contributed by atoms with Gasteiger partial charge in [-0.1, -0.05) is 26.3 Å². The molecule has 1 aromatic heterocycles. The molecule has 17 heavy (non-hydrogen) atoms. The van der Waals surface area contributed by atoms with Crippen LogP contribution in [-0.2, 0) is 0 Å². The summed E-state index contributed by atoms with van der Waals surface area (Å²) in [6, 6.07) is 0. The highest BCUT2D eigenvalue weighted by Gasteiger charge is 2.12. The second kappa shape index (κ2) is 5.71. The summed E-state index contributed by atoms with van der Waals surface area (Å²) >= 11 is 0. The molecule has 1 atom stereocenters. The lowest BCUT2D eigenvalue weighted by Crippen LogP contribution is -2.08. The number of hydrogen-bond acceptors (Lipinski definition) is 3. The predicted molar refractivity (Wildman–Crippen MR) is 69.5 cm³/mol. The van der Waals surface area contributed by atoms with Gasteiger partial charge in [0.25, 0.3) is 0 Å². The van der Waals surface area contributed by atoms with Gasteiger partial charge >= 0.3 is 5.63 Å². The molecule has 1 aromatic rings. The third-order valence-corrected chi connectivity index (χ3v) is 2.98. The lowest BCUT2D eigenvalue weighted by Gasteiger charge is -2.09. The SMILES string of the molecule is CC[C@H](C)/C=C/c1oc(=O)c(C)c(OC)c1C. The standard InChI is InChI=1S/C14H20O3/c1-6-9(2)7-8-12-10(3)13(16-5)11(4)14(15)17-12/h7-9H,6H2,1-5H3/b8-7+/t9-/m0/s1. The Labute approximate surface area is 102 Å². The van der Waals surface area contributed by atoms with Gasteiger partial charge in [-0.15, -0.1) is 0 Å². The summed E-state index contributed by atoms with van der Waals surface area (Å²) in [5.41, 5.74) is 1.05. The Kier molecular flexibility index (Phi) is 4.55. The first-order valence-electron chi connectivity index (χ1n) is 5.87. The molecular formula is C14H20O3. The van der Waals surface area contributed by atoms with Crippen LogP contribution < -0.4 is 10.4 Å². The third-order valence-electron chi connectivity index (χ3n) is 2.98. The average molecular weight is 236 g/mol. The molecule has 0 fully saturated rings. The number of hydrogen-bond donors (Lipinski definition) is 0. The van der Waals surface area contributed by atoms with Crippen LogP contribution in [0.5, 0.6) is 5.75 Å². The quantitative estimate of drug-likeness (QED) is 0.805. The van der Waals surface area contributed by atoms with Crippen LogP contribution in [0.1, 0.15) is 37.2 Å². The molecular weight excluding hydrogens is 216 g/mol. The van der Waals surface area contributed by atoms with Crippen LogP contribution in [0.25, 0.3) is 6.08 Å². The molecule has 0 aliphatic heterocycles. The molecule has 0 amide bonds. The van der Waals surface area contributed by atoms with Crippen LogP contribution in [0.15, 0.2) is 15.3 Å². The molecule has 0 N–H and O–H groups in total. The number of methoxy groups -OCH3 is 1. The highest BCUT2D eigenvalue weighted by atomic mass is 16.5. The van der Waals surface area contributed by atoms with E-state index in [1.165, 1.54) is 0 Å². The van der Waals surface area contributed by atoms with Gasteiger partial charge < -0.3 is 9.15 Å². The molecule has 0 aliphatic rings. The van der Waals surface area contributed by atoms with Crippen LogP contribution in [-0.4, -0.2) is 7.11 Å². The maximum absolute atomic E-state index is 11.6. The van der Waals surface area contributed by atoms with Gasteiger partial charge in [0.1, 0.15) is 11.5 Å². The van der Waals surface area contributed by atoms with Crippen molar-refractivity contribution in [2.45, 2.75) is 34.1 Å². The zero-order valence-corrected chi connectivity index (χ0v) is 11.2. The van der Waals surface area contributed by atoms with Crippen molar-refractivity contribution in [3.8, 4) is 5.75 Å². The minimum atomic E-state index is -0.337. The fourth-order valence-corrected chi connectivity index (χ4v) is 1.59. The topological polar surface area (TPSA) is 39.4 Å². The van der Waals surface area contributed by atoms with Gasteiger partial charge in [0.2, 0.25) is 0 Å². The Hall–Kier alpha value is -1.51. The van der Waals surface area contributed by atoms with Crippen molar-refractivity contribution in [2.24, 2.45) is 5.92 Å². The molecule has 0 aromatic carbocycles. The molecule has 1 heterocycles. The van der Waals surface area contributed by atoms with Crippen molar-refractivity contribution in [3.63, 3.8) is 0 Å². The minimum absolute atomic E-state index is 0.337. The fraction of sp³-hybridized carbons (Fsp3) is 0.500. The Balaban J connectivity index is 3.22. The summed E-state index contributed by atoms with van der Waals surface area (Å²) in [5, 5.41) is 0. The third kappa shape index (κ3) is 2.99. The van der Waals surface area contributed by atoms with Gasteiger partial charge in [-0.3, -0.25) is 0 Å². The molecule has 0 saturated carbocycles. The lowest BCUT2D eigenvalue weighted by atomic mass is 10.1. The van der Waals surface area contributed by atoms with Crippen LogP contribution in [0.2, 0.25) is 0 Å². The average Bonchev–Trinajstić information content (AvgIpc) is 2.32. The molecule has 3 nitrogen and oxygen atoms in total. The number of ether oxygens (including phenoxy) is 1. The van der Waals surface area contributed by atoms with E-state index in [0.29, 0.717) is 23.0 Å². The second-order valence-electron chi connectivity index (χ2n) is 4.28. The molecule has 0 radical (unpaired) electrons. The zero-order valence-electron chi connectivity index (χ0n) is 11.2. The van der Waals surface area contributed by atoms with Crippen molar-refractivity contribution in [1.29, 1.82) is 0 Å². The monoisotopic (exact) mass is 236 g/mol. The summed E-state index contributed by atoms with van der Waals surface area (Å²) in [5.74, 6) is 1.66. The highest BCUT2D eigenvalue weighted by Crippen LogP contribution is 2.24. The van der Waals surface area contributed by atoms with E-state index in [2.05, 4.69) is 13.8 Å². The van der Waals surface area contributed by atoms with Crippen molar-refractivity contribution >= 4 is 6.08 Å². The first-order chi connectivity index (χ1) is 8.01. The molecule has 0 aliphatic carbocycles. The van der Waals surface area contributed by atoms with Crippen LogP contribution in [0.4, 0.5) is 0 Å². The maximum atomic E-state index is 11.6. The highest BCUT2D eigenvalue weighted by molar-refractivity contribution is 5.53. The summed E-state index contributed by atoms with van der Waals surface area (Å²) in [4.78, 5) is 11.6. The van der Waals surface area contributed by atoms with E-state index >= 15 is 0 Å². The summed E-state index contributed by atoms with van der Waals surface area (Å²) in [7, 11) is 1.57. The Morgan fingerprint density at radius 1 is 1.35 bits per heavy atom. The van der Waals surface area contributed by atoms with Gasteiger partial charge in [0.05, 0.1) is 12.7 Å². The lowest BCUT2D eigenvalue weighted by molar-refractivity contribution is 0.390. The Morgan fingerprint density at radius 2 is 2.00 bits per heavy atom. The number of allylic oxidation sites excluding steroid dienone is 1. The first-order valence-corrected chi connectivity index (χ1v) is 5.87. The summed E-state index contributed by atoms with van der Waals surface area (Å²) in [6.45, 7) is 7.84. The van der Waals surface area contributed by atoms with E-state index in [-0.39, 0.29) is 5.63 Å². The second-order valence-corrected chi connectivity index (χ2v) is 4.28. The van der Waals surface area contributed by atoms with Crippen molar-refractivity contribution < 1.29 is 9.15 Å². The van der Waals surface area contributed by atoms with E-state index in [1.54, 1.807) is 14.0 Å². The molecule has 0 saturated heterocycles. The van der Waals surface area contributed by atoms with Crippen molar-refractivity contribution in [3.05, 3.63) is 33.4 Å². The molecule has 1 rings (SSSR count). The predicted octanol–water partition coefficient (Wildman–Crippen LogP) is 3.32.